The number of benzene rings is 2. The van der Waals surface area contributed by atoms with E-state index < -0.39 is 5.82 Å². The van der Waals surface area contributed by atoms with Gasteiger partial charge in [0.25, 0.3) is 0 Å². The van der Waals surface area contributed by atoms with Crippen LogP contribution in [0.2, 0.25) is 5.02 Å². The Morgan fingerprint density at radius 1 is 1.00 bits per heavy atom. The summed E-state index contributed by atoms with van der Waals surface area (Å²) < 4.78 is 31.2. The van der Waals surface area contributed by atoms with Crippen LogP contribution in [0.1, 0.15) is 32.3 Å². The first kappa shape index (κ1) is 26.7. The Morgan fingerprint density at radius 2 is 1.68 bits per heavy atom. The zero-order valence-electron chi connectivity index (χ0n) is 22.0. The van der Waals surface area contributed by atoms with Gasteiger partial charge in [-0.3, -0.25) is 4.90 Å². The Balaban J connectivity index is 1.26. The highest BCUT2D eigenvalue weighted by atomic mass is 35.5. The molecule has 0 atom stereocenters. The minimum Gasteiger partial charge on any atom is -0.491 e. The van der Waals surface area contributed by atoms with E-state index >= 15 is 0 Å². The molecule has 0 saturated carbocycles. The van der Waals surface area contributed by atoms with E-state index in [1.807, 2.05) is 32.0 Å². The number of likely N-dealkylation sites (tertiary alicyclic amines) is 1. The van der Waals surface area contributed by atoms with Gasteiger partial charge in [0.15, 0.2) is 11.5 Å². The summed E-state index contributed by atoms with van der Waals surface area (Å²) in [5.41, 5.74) is 1.86. The molecule has 5 rings (SSSR count). The first-order valence-electron chi connectivity index (χ1n) is 13.4. The van der Waals surface area contributed by atoms with Gasteiger partial charge in [0, 0.05) is 49.2 Å². The lowest BCUT2D eigenvalue weighted by molar-refractivity contribution is 0.122. The molecule has 0 amide bonds. The van der Waals surface area contributed by atoms with Crippen LogP contribution in [0.3, 0.4) is 0 Å². The lowest BCUT2D eigenvalue weighted by atomic mass is 10.0. The Hall–Kier alpha value is -2.88. The number of hydrogen-bond acceptors (Lipinski definition) is 8. The molecule has 2 saturated heterocycles. The van der Waals surface area contributed by atoms with Crippen molar-refractivity contribution in [3.05, 3.63) is 46.7 Å². The van der Waals surface area contributed by atoms with E-state index in [-0.39, 0.29) is 17.5 Å². The maximum Gasteiger partial charge on any atom is 0.225 e. The number of fused-ring (bicyclic) bond motifs is 1. The second-order valence-electron chi connectivity index (χ2n) is 9.60. The molecule has 204 valence electrons. The fourth-order valence-electron chi connectivity index (χ4n) is 5.08. The van der Waals surface area contributed by atoms with Crippen molar-refractivity contribution >= 4 is 34.3 Å². The third-order valence-corrected chi connectivity index (χ3v) is 7.18. The topological polar surface area (TPSA) is 72.0 Å². The summed E-state index contributed by atoms with van der Waals surface area (Å²) in [5, 5.41) is 5.21. The summed E-state index contributed by atoms with van der Waals surface area (Å²) in [6.45, 7) is 9.96. The number of piperidine rings is 1. The Morgan fingerprint density at radius 3 is 2.34 bits per heavy atom. The Kier molecular flexibility index (Phi) is 8.66. The van der Waals surface area contributed by atoms with Crippen LogP contribution in [0.25, 0.3) is 10.9 Å². The summed E-state index contributed by atoms with van der Waals surface area (Å²) in [6, 6.07) is 9.59. The summed E-state index contributed by atoms with van der Waals surface area (Å²) in [7, 11) is 0. The van der Waals surface area contributed by atoms with Crippen LogP contribution >= 0.6 is 11.6 Å². The molecule has 2 fully saturated rings. The predicted octanol–water partition coefficient (Wildman–Crippen LogP) is 5.13. The van der Waals surface area contributed by atoms with Crippen LogP contribution < -0.4 is 19.7 Å². The van der Waals surface area contributed by atoms with Gasteiger partial charge in [0.05, 0.1) is 31.9 Å². The monoisotopic (exact) mass is 543 g/mol. The van der Waals surface area contributed by atoms with E-state index in [0.29, 0.717) is 43.9 Å². The number of halogens is 2. The van der Waals surface area contributed by atoms with E-state index in [2.05, 4.69) is 15.1 Å². The van der Waals surface area contributed by atoms with E-state index in [1.54, 1.807) is 12.1 Å². The molecule has 38 heavy (non-hydrogen) atoms. The van der Waals surface area contributed by atoms with Gasteiger partial charge in [-0.1, -0.05) is 11.6 Å². The first-order valence-corrected chi connectivity index (χ1v) is 13.8. The number of rotatable bonds is 9. The molecule has 0 aliphatic carbocycles. The highest BCUT2D eigenvalue weighted by Crippen LogP contribution is 2.31. The Labute approximate surface area is 228 Å². The summed E-state index contributed by atoms with van der Waals surface area (Å²) >= 11 is 6.30. The van der Waals surface area contributed by atoms with E-state index in [1.165, 1.54) is 0 Å². The molecule has 8 nitrogen and oxygen atoms in total. The molecule has 0 unspecified atom stereocenters. The van der Waals surface area contributed by atoms with Gasteiger partial charge < -0.3 is 24.4 Å². The van der Waals surface area contributed by atoms with Gasteiger partial charge in [-0.15, -0.1) is 0 Å². The van der Waals surface area contributed by atoms with Gasteiger partial charge in [-0.05, 0) is 62.6 Å². The average molecular weight is 544 g/mol. The zero-order chi connectivity index (χ0) is 26.5. The van der Waals surface area contributed by atoms with Crippen LogP contribution in [0.15, 0.2) is 30.3 Å². The van der Waals surface area contributed by atoms with Gasteiger partial charge in [0.2, 0.25) is 11.8 Å². The van der Waals surface area contributed by atoms with Gasteiger partial charge in [-0.25, -0.2) is 4.98 Å². The maximum absolute atomic E-state index is 14.6. The van der Waals surface area contributed by atoms with Crippen molar-refractivity contribution in [2.45, 2.75) is 39.3 Å². The van der Waals surface area contributed by atoms with Crippen molar-refractivity contribution in [1.29, 1.82) is 0 Å². The number of nitrogens with zero attached hydrogens (tertiary/aromatic N) is 4. The van der Waals surface area contributed by atoms with Gasteiger partial charge in [0.1, 0.15) is 5.82 Å². The van der Waals surface area contributed by atoms with Crippen LogP contribution in [-0.2, 0) is 11.3 Å². The van der Waals surface area contributed by atoms with Crippen LogP contribution in [0, 0.1) is 5.82 Å². The molecule has 2 aromatic carbocycles. The zero-order valence-corrected chi connectivity index (χ0v) is 22.8. The normalized spacial score (nSPS) is 17.1. The van der Waals surface area contributed by atoms with Gasteiger partial charge >= 0.3 is 0 Å². The SMILES string of the molecule is CCOc1cc(CN2CCC(Nc3nc(N4CCOCC4)c4cc(Cl)ccc4n3)CC2)cc(OCC)c1F. The minimum atomic E-state index is -0.436. The minimum absolute atomic E-state index is 0.246. The van der Waals surface area contributed by atoms with Crippen molar-refractivity contribution in [3.63, 3.8) is 0 Å². The lowest BCUT2D eigenvalue weighted by Crippen LogP contribution is -2.39. The smallest absolute Gasteiger partial charge is 0.225 e. The number of nitrogens with one attached hydrogen (secondary N) is 1. The molecule has 1 aromatic heterocycles. The fraction of sp³-hybridized carbons (Fsp3) is 0.500. The predicted molar refractivity (Wildman–Crippen MR) is 148 cm³/mol. The van der Waals surface area contributed by atoms with Crippen LogP contribution in [0.5, 0.6) is 11.5 Å². The number of ether oxygens (including phenoxy) is 3. The van der Waals surface area contributed by atoms with Crippen molar-refractivity contribution in [1.82, 2.24) is 14.9 Å². The third kappa shape index (κ3) is 6.22. The number of morpholine rings is 1. The molecule has 0 radical (unpaired) electrons. The number of aromatic nitrogens is 2. The van der Waals surface area contributed by atoms with E-state index in [9.17, 15) is 4.39 Å². The second-order valence-corrected chi connectivity index (χ2v) is 10.0. The molecule has 0 spiro atoms. The molecular formula is C28H35ClFN5O3. The van der Waals surface area contributed by atoms with Crippen molar-refractivity contribution in [2.75, 3.05) is 62.8 Å². The van der Waals surface area contributed by atoms with Crippen molar-refractivity contribution < 1.29 is 18.6 Å². The fourth-order valence-corrected chi connectivity index (χ4v) is 5.25. The van der Waals surface area contributed by atoms with Gasteiger partial charge in [-0.2, -0.15) is 9.37 Å². The third-order valence-electron chi connectivity index (χ3n) is 6.94. The molecule has 1 N–H and O–H groups in total. The molecule has 3 heterocycles. The number of anilines is 2. The second kappa shape index (κ2) is 12.3. The molecule has 2 aliphatic rings. The van der Waals surface area contributed by atoms with E-state index in [4.69, 9.17) is 35.8 Å². The average Bonchev–Trinajstić information content (AvgIpc) is 2.93. The Bertz CT molecular complexity index is 1220. The standard InChI is InChI=1S/C28H35ClFN5O3/c1-3-37-24-15-19(16-25(26(24)30)38-4-2)18-34-9-7-21(8-10-34)31-28-32-23-6-5-20(29)17-22(23)27(33-28)35-11-13-36-14-12-35/h5-6,15-17,21H,3-4,7-14,18H2,1-2H3,(H,31,32,33). The quantitative estimate of drug-likeness (QED) is 0.398. The summed E-state index contributed by atoms with van der Waals surface area (Å²) in [4.78, 5) is 14.3. The first-order chi connectivity index (χ1) is 18.5. The van der Waals surface area contributed by atoms with Crippen LogP contribution in [-0.4, -0.2) is 73.5 Å². The highest BCUT2D eigenvalue weighted by Gasteiger charge is 2.23. The van der Waals surface area contributed by atoms with Crippen molar-refractivity contribution in [2.24, 2.45) is 0 Å². The highest BCUT2D eigenvalue weighted by molar-refractivity contribution is 6.31. The molecule has 10 heteroatoms. The molecule has 0 bridgehead atoms. The lowest BCUT2D eigenvalue weighted by Gasteiger charge is -2.33. The molecule has 3 aromatic rings. The summed E-state index contributed by atoms with van der Waals surface area (Å²) in [5.74, 6) is 1.59. The van der Waals surface area contributed by atoms with E-state index in [0.717, 1.165) is 61.3 Å². The maximum atomic E-state index is 14.6. The number of hydrogen-bond donors (Lipinski definition) is 1. The van der Waals surface area contributed by atoms with Crippen LogP contribution in [0.4, 0.5) is 16.2 Å². The molecular weight excluding hydrogens is 509 g/mol. The summed E-state index contributed by atoms with van der Waals surface area (Å²) in [6.07, 6.45) is 1.90. The van der Waals surface area contributed by atoms with Crippen molar-refractivity contribution in [3.8, 4) is 11.5 Å². The largest absolute Gasteiger partial charge is 0.491 e. The molecule has 2 aliphatic heterocycles.